The standard InChI is InChI=1S/C24H26ClO2P/c25-20-24(26,23-14-8-3-9-15-23)28(27,18-16-21-10-4-1-5-11-21)19-17-22-12-6-2-7-13-22/h1-15,26H,16-20H2. The number of aliphatic hydroxyl groups is 1. The molecular weight excluding hydrogens is 387 g/mol. The third kappa shape index (κ3) is 4.75. The summed E-state index contributed by atoms with van der Waals surface area (Å²) in [6.07, 6.45) is 2.14. The number of aryl methyl sites for hydroxylation is 2. The highest BCUT2D eigenvalue weighted by Gasteiger charge is 2.46. The van der Waals surface area contributed by atoms with Gasteiger partial charge in [0.15, 0.2) is 5.34 Å². The van der Waals surface area contributed by atoms with Gasteiger partial charge < -0.3 is 9.67 Å². The van der Waals surface area contributed by atoms with Gasteiger partial charge in [-0.25, -0.2) is 0 Å². The van der Waals surface area contributed by atoms with Gasteiger partial charge in [-0.05, 0) is 29.5 Å². The van der Waals surface area contributed by atoms with Crippen LogP contribution in [0.4, 0.5) is 0 Å². The van der Waals surface area contributed by atoms with Gasteiger partial charge in [0, 0.05) is 12.3 Å². The van der Waals surface area contributed by atoms with Gasteiger partial charge in [-0.3, -0.25) is 0 Å². The molecule has 3 rings (SSSR count). The molecule has 0 bridgehead atoms. The Labute approximate surface area is 172 Å². The molecule has 3 aromatic rings. The molecule has 4 heteroatoms. The van der Waals surface area contributed by atoms with Crippen molar-refractivity contribution in [2.45, 2.75) is 18.2 Å². The first-order valence-electron chi connectivity index (χ1n) is 9.57. The molecular formula is C24H26ClO2P. The highest BCUT2D eigenvalue weighted by atomic mass is 35.5. The lowest BCUT2D eigenvalue weighted by Gasteiger charge is -2.36. The summed E-state index contributed by atoms with van der Waals surface area (Å²) in [7, 11) is -3.07. The summed E-state index contributed by atoms with van der Waals surface area (Å²) in [5.74, 6) is -0.0854. The van der Waals surface area contributed by atoms with Crippen molar-refractivity contribution in [1.82, 2.24) is 0 Å². The third-order valence-electron chi connectivity index (χ3n) is 5.31. The molecule has 0 spiro atoms. The predicted molar refractivity (Wildman–Crippen MR) is 119 cm³/mol. The Morgan fingerprint density at radius 2 is 1.11 bits per heavy atom. The molecule has 0 aliphatic heterocycles. The molecule has 2 nitrogen and oxygen atoms in total. The van der Waals surface area contributed by atoms with Gasteiger partial charge >= 0.3 is 0 Å². The molecule has 0 radical (unpaired) electrons. The second-order valence-corrected chi connectivity index (χ2v) is 10.8. The fraction of sp³-hybridized carbons (Fsp3) is 0.250. The lowest BCUT2D eigenvalue weighted by atomic mass is 10.1. The van der Waals surface area contributed by atoms with Gasteiger partial charge in [0.2, 0.25) is 0 Å². The Balaban J connectivity index is 1.91. The number of rotatable bonds is 9. The number of hydrogen-bond acceptors (Lipinski definition) is 2. The van der Waals surface area contributed by atoms with Gasteiger partial charge in [0.05, 0.1) is 5.88 Å². The first-order valence-corrected chi connectivity index (χ1v) is 12.2. The second-order valence-electron chi connectivity index (χ2n) is 7.12. The van der Waals surface area contributed by atoms with Crippen molar-refractivity contribution in [3.05, 3.63) is 108 Å². The van der Waals surface area contributed by atoms with Gasteiger partial charge in [-0.1, -0.05) is 91.0 Å². The van der Waals surface area contributed by atoms with E-state index >= 15 is 0 Å². The van der Waals surface area contributed by atoms with E-state index in [-0.39, 0.29) is 5.88 Å². The third-order valence-corrected chi connectivity index (χ3v) is 9.54. The molecule has 0 saturated heterocycles. The largest absolute Gasteiger partial charge is 0.376 e. The molecule has 0 saturated carbocycles. The molecule has 0 fully saturated rings. The average Bonchev–Trinajstić information content (AvgIpc) is 2.77. The van der Waals surface area contributed by atoms with Crippen molar-refractivity contribution in [3.63, 3.8) is 0 Å². The lowest BCUT2D eigenvalue weighted by molar-refractivity contribution is 0.146. The van der Waals surface area contributed by atoms with E-state index in [2.05, 4.69) is 0 Å². The van der Waals surface area contributed by atoms with E-state index < -0.39 is 12.5 Å². The summed E-state index contributed by atoms with van der Waals surface area (Å²) in [5, 5.41) is 10.0. The quantitative estimate of drug-likeness (QED) is 0.350. The van der Waals surface area contributed by atoms with Crippen LogP contribution in [-0.4, -0.2) is 23.3 Å². The Morgan fingerprint density at radius 1 is 0.714 bits per heavy atom. The van der Waals surface area contributed by atoms with Crippen LogP contribution in [0.2, 0.25) is 0 Å². The Bertz CT molecular complexity index is 852. The average molecular weight is 413 g/mol. The first kappa shape index (κ1) is 20.9. The summed E-state index contributed by atoms with van der Waals surface area (Å²) in [4.78, 5) is 0. The topological polar surface area (TPSA) is 37.3 Å². The predicted octanol–water partition coefficient (Wildman–Crippen LogP) is 5.92. The van der Waals surface area contributed by atoms with Crippen LogP contribution in [0, 0.1) is 0 Å². The van der Waals surface area contributed by atoms with Gasteiger partial charge in [-0.15, -0.1) is 11.6 Å². The highest BCUT2D eigenvalue weighted by Crippen LogP contribution is 2.62. The fourth-order valence-corrected chi connectivity index (χ4v) is 7.36. The van der Waals surface area contributed by atoms with Gasteiger partial charge in [0.1, 0.15) is 7.14 Å². The van der Waals surface area contributed by atoms with Crippen LogP contribution in [0.1, 0.15) is 16.7 Å². The molecule has 28 heavy (non-hydrogen) atoms. The molecule has 0 heterocycles. The molecule has 0 amide bonds. The van der Waals surface area contributed by atoms with Crippen LogP contribution in [0.25, 0.3) is 0 Å². The van der Waals surface area contributed by atoms with Crippen molar-refractivity contribution in [2.75, 3.05) is 18.2 Å². The normalized spacial score (nSPS) is 13.8. The maximum Gasteiger partial charge on any atom is 0.155 e. The molecule has 146 valence electrons. The van der Waals surface area contributed by atoms with Crippen molar-refractivity contribution in [2.24, 2.45) is 0 Å². The minimum Gasteiger partial charge on any atom is -0.376 e. The maximum absolute atomic E-state index is 14.3. The van der Waals surface area contributed by atoms with E-state index in [4.69, 9.17) is 11.6 Å². The second kappa shape index (κ2) is 9.56. The van der Waals surface area contributed by atoms with E-state index in [1.165, 1.54) is 0 Å². The Kier molecular flexibility index (Phi) is 7.13. The zero-order chi connectivity index (χ0) is 19.9. The Hall–Kier alpha value is -1.86. The highest BCUT2D eigenvalue weighted by molar-refractivity contribution is 7.65. The molecule has 1 N–H and O–H groups in total. The van der Waals surface area contributed by atoms with Gasteiger partial charge in [0.25, 0.3) is 0 Å². The molecule has 1 atom stereocenters. The van der Waals surface area contributed by atoms with E-state index in [1.54, 1.807) is 0 Å². The van der Waals surface area contributed by atoms with E-state index in [9.17, 15) is 9.67 Å². The molecule has 0 aliphatic rings. The number of hydrogen-bond donors (Lipinski definition) is 1. The smallest absolute Gasteiger partial charge is 0.155 e. The van der Waals surface area contributed by atoms with Crippen LogP contribution >= 0.6 is 18.7 Å². The van der Waals surface area contributed by atoms with E-state index in [1.807, 2.05) is 91.0 Å². The molecule has 0 aliphatic carbocycles. The van der Waals surface area contributed by atoms with Gasteiger partial charge in [-0.2, -0.15) is 0 Å². The zero-order valence-electron chi connectivity index (χ0n) is 15.9. The number of benzene rings is 3. The van der Waals surface area contributed by atoms with Crippen molar-refractivity contribution >= 4 is 18.7 Å². The summed E-state index contributed by atoms with van der Waals surface area (Å²) < 4.78 is 14.3. The fourth-order valence-electron chi connectivity index (χ4n) is 3.52. The van der Waals surface area contributed by atoms with Crippen LogP contribution in [-0.2, 0) is 22.7 Å². The van der Waals surface area contributed by atoms with Crippen LogP contribution in [0.5, 0.6) is 0 Å². The summed E-state index contributed by atoms with van der Waals surface area (Å²) in [6.45, 7) is 0. The van der Waals surface area contributed by atoms with E-state index in [0.29, 0.717) is 30.7 Å². The van der Waals surface area contributed by atoms with E-state index in [0.717, 1.165) is 11.1 Å². The molecule has 0 aromatic heterocycles. The van der Waals surface area contributed by atoms with Crippen LogP contribution in [0.3, 0.4) is 0 Å². The van der Waals surface area contributed by atoms with Crippen molar-refractivity contribution < 1.29 is 9.67 Å². The summed E-state index contributed by atoms with van der Waals surface area (Å²) in [6, 6.07) is 29.2. The monoisotopic (exact) mass is 412 g/mol. The summed E-state index contributed by atoms with van der Waals surface area (Å²) in [5.41, 5.74) is 2.87. The number of alkyl halides is 1. The SMILES string of the molecule is O=P(CCc1ccccc1)(CCc1ccccc1)C(O)(CCl)c1ccccc1. The number of halogens is 1. The molecule has 1 unspecified atom stereocenters. The minimum atomic E-state index is -3.07. The lowest BCUT2D eigenvalue weighted by Crippen LogP contribution is -2.31. The van der Waals surface area contributed by atoms with Crippen LogP contribution in [0.15, 0.2) is 91.0 Å². The van der Waals surface area contributed by atoms with Crippen molar-refractivity contribution in [3.8, 4) is 0 Å². The van der Waals surface area contributed by atoms with Crippen LogP contribution < -0.4 is 0 Å². The maximum atomic E-state index is 14.3. The summed E-state index contributed by atoms with van der Waals surface area (Å²) >= 11 is 6.27. The van der Waals surface area contributed by atoms with Crippen molar-refractivity contribution in [1.29, 1.82) is 0 Å². The minimum absolute atomic E-state index is 0.0854. The Morgan fingerprint density at radius 3 is 1.50 bits per heavy atom. The molecule has 3 aromatic carbocycles. The zero-order valence-corrected chi connectivity index (χ0v) is 17.5. The first-order chi connectivity index (χ1) is 13.6.